The van der Waals surface area contributed by atoms with Crippen molar-refractivity contribution in [1.82, 2.24) is 9.62 Å². The van der Waals surface area contributed by atoms with Crippen LogP contribution < -0.4 is 5.32 Å². The molecule has 1 aromatic carbocycles. The van der Waals surface area contributed by atoms with Crippen molar-refractivity contribution in [3.63, 3.8) is 0 Å². The van der Waals surface area contributed by atoms with Gasteiger partial charge in [0, 0.05) is 11.8 Å². The van der Waals surface area contributed by atoms with Gasteiger partial charge in [0.25, 0.3) is 5.91 Å². The summed E-state index contributed by atoms with van der Waals surface area (Å²) in [6, 6.07) is 7.21. The number of nitrogens with one attached hydrogen (secondary N) is 1. The van der Waals surface area contributed by atoms with Gasteiger partial charge < -0.3 is 10.1 Å². The molecule has 134 valence electrons. The van der Waals surface area contributed by atoms with E-state index in [9.17, 15) is 22.6 Å². The van der Waals surface area contributed by atoms with E-state index in [0.717, 1.165) is 11.6 Å². The first-order chi connectivity index (χ1) is 11.7. The lowest BCUT2D eigenvalue weighted by Crippen LogP contribution is -2.70. The third kappa shape index (κ3) is 4.46. The second-order valence-electron chi connectivity index (χ2n) is 5.34. The molecule has 0 saturated carbocycles. The van der Waals surface area contributed by atoms with Crippen molar-refractivity contribution in [3.8, 4) is 0 Å². The van der Waals surface area contributed by atoms with Crippen molar-refractivity contribution in [1.29, 1.82) is 0 Å². The molecule has 1 saturated heterocycles. The fourth-order valence-corrected chi connectivity index (χ4v) is 3.22. The molecular weight excluding hydrogens is 348 g/mol. The molecule has 2 N–H and O–H groups in total. The Morgan fingerprint density at radius 1 is 1.32 bits per heavy atom. The van der Waals surface area contributed by atoms with Crippen molar-refractivity contribution in [2.75, 3.05) is 7.11 Å². The zero-order chi connectivity index (χ0) is 18.6. The molecule has 1 aliphatic rings. The first-order valence-electron chi connectivity index (χ1n) is 7.30. The van der Waals surface area contributed by atoms with Crippen LogP contribution in [-0.2, 0) is 24.6 Å². The first kappa shape index (κ1) is 18.7. The van der Waals surface area contributed by atoms with Gasteiger partial charge in [-0.2, -0.15) is 8.42 Å². The number of carbonyl (C=O) groups is 2. The van der Waals surface area contributed by atoms with Crippen LogP contribution in [0, 0.1) is 0 Å². The lowest BCUT2D eigenvalue weighted by atomic mass is 9.97. The van der Waals surface area contributed by atoms with Crippen LogP contribution in [0.4, 0.5) is 0 Å². The monoisotopic (exact) mass is 366 g/mol. The van der Waals surface area contributed by atoms with Gasteiger partial charge in [-0.25, -0.2) is 9.10 Å². The van der Waals surface area contributed by atoms with Crippen molar-refractivity contribution in [3.05, 3.63) is 53.7 Å². The maximum Gasteiger partial charge on any atom is 0.362 e. The number of allylic oxidation sites excluding steroid dienone is 1. The third-order valence-electron chi connectivity index (χ3n) is 3.55. The summed E-state index contributed by atoms with van der Waals surface area (Å²) in [5.74, 6) is -1.43. The smallest absolute Gasteiger partial charge is 0.362 e. The molecule has 0 bridgehead atoms. The molecule has 25 heavy (non-hydrogen) atoms. The molecule has 0 radical (unpaired) electrons. The fourth-order valence-electron chi connectivity index (χ4n) is 2.38. The van der Waals surface area contributed by atoms with E-state index in [1.165, 1.54) is 20.1 Å². The minimum atomic E-state index is -4.68. The van der Waals surface area contributed by atoms with Crippen LogP contribution in [0.1, 0.15) is 12.5 Å². The van der Waals surface area contributed by atoms with Crippen LogP contribution in [0.3, 0.4) is 0 Å². The molecule has 0 aliphatic carbocycles. The van der Waals surface area contributed by atoms with E-state index >= 15 is 0 Å². The molecule has 1 fully saturated rings. The van der Waals surface area contributed by atoms with E-state index in [1.807, 2.05) is 18.2 Å². The average Bonchev–Trinajstić information content (AvgIpc) is 2.55. The molecule has 0 spiro atoms. The van der Waals surface area contributed by atoms with E-state index in [1.54, 1.807) is 18.2 Å². The van der Waals surface area contributed by atoms with E-state index in [4.69, 9.17) is 0 Å². The number of rotatable bonds is 6. The Balaban J connectivity index is 2.23. The summed E-state index contributed by atoms with van der Waals surface area (Å²) in [7, 11) is -3.47. The normalized spacial score (nSPS) is 21.2. The standard InChI is InChI=1S/C16H18N2O6S/c1-11(10-14(19)24-2)17-15-13(18(16(15)20)25(21,22)23)9-8-12-6-4-3-5-7-12/h3-10,13,15,17H,1-2H3,(H,21,22,23)/t13-,15+/m0/s1. The number of hydrogen-bond donors (Lipinski definition) is 2. The minimum absolute atomic E-state index is 0.332. The largest absolute Gasteiger partial charge is 0.466 e. The zero-order valence-corrected chi connectivity index (χ0v) is 14.4. The predicted octanol–water partition coefficient (Wildman–Crippen LogP) is 0.748. The molecule has 2 atom stereocenters. The first-order valence-corrected chi connectivity index (χ1v) is 8.70. The number of hydrogen-bond acceptors (Lipinski definition) is 6. The highest BCUT2D eigenvalue weighted by atomic mass is 32.2. The highest BCUT2D eigenvalue weighted by Crippen LogP contribution is 2.26. The lowest BCUT2D eigenvalue weighted by Gasteiger charge is -2.43. The minimum Gasteiger partial charge on any atom is -0.466 e. The molecule has 8 nitrogen and oxygen atoms in total. The van der Waals surface area contributed by atoms with Crippen molar-refractivity contribution in [2.45, 2.75) is 19.0 Å². The topological polar surface area (TPSA) is 113 Å². The fraction of sp³-hybridized carbons (Fsp3) is 0.250. The SMILES string of the molecule is COC(=O)C=C(C)N[C@H]1C(=O)N(S(=O)(=O)O)[C@H]1C=Cc1ccccc1. The molecule has 1 aliphatic heterocycles. The van der Waals surface area contributed by atoms with Crippen LogP contribution in [-0.4, -0.2) is 48.3 Å². The Kier molecular flexibility index (Phi) is 5.60. The molecule has 9 heteroatoms. The van der Waals surface area contributed by atoms with Gasteiger partial charge in [-0.05, 0) is 12.5 Å². The third-order valence-corrected chi connectivity index (χ3v) is 4.47. The van der Waals surface area contributed by atoms with Gasteiger partial charge in [0.15, 0.2) is 0 Å². The number of β-lactam (4-membered cyclic amide) rings is 1. The van der Waals surface area contributed by atoms with Gasteiger partial charge in [-0.15, -0.1) is 0 Å². The number of amides is 1. The highest BCUT2D eigenvalue weighted by Gasteiger charge is 2.52. The predicted molar refractivity (Wildman–Crippen MR) is 90.4 cm³/mol. The Morgan fingerprint density at radius 3 is 2.52 bits per heavy atom. The van der Waals surface area contributed by atoms with Crippen molar-refractivity contribution < 1.29 is 27.3 Å². The van der Waals surface area contributed by atoms with Crippen LogP contribution in [0.15, 0.2) is 48.2 Å². The average molecular weight is 366 g/mol. The quantitative estimate of drug-likeness (QED) is 0.330. The number of ether oxygens (including phenoxy) is 1. The van der Waals surface area contributed by atoms with E-state index in [0.29, 0.717) is 10.0 Å². The number of esters is 1. The molecule has 0 aromatic heterocycles. The summed E-state index contributed by atoms with van der Waals surface area (Å²) in [6.07, 6.45) is 4.28. The van der Waals surface area contributed by atoms with Crippen LogP contribution in [0.5, 0.6) is 0 Å². The Morgan fingerprint density at radius 2 is 1.96 bits per heavy atom. The number of carbonyl (C=O) groups excluding carboxylic acids is 2. The summed E-state index contributed by atoms with van der Waals surface area (Å²) in [6.45, 7) is 1.54. The Labute approximate surface area is 145 Å². The summed E-state index contributed by atoms with van der Waals surface area (Å²) in [4.78, 5) is 23.3. The van der Waals surface area contributed by atoms with E-state index < -0.39 is 34.3 Å². The summed E-state index contributed by atoms with van der Waals surface area (Å²) < 4.78 is 36.9. The van der Waals surface area contributed by atoms with Crippen LogP contribution in [0.25, 0.3) is 6.08 Å². The maximum absolute atomic E-state index is 12.1. The van der Waals surface area contributed by atoms with Gasteiger partial charge >= 0.3 is 16.3 Å². The highest BCUT2D eigenvalue weighted by molar-refractivity contribution is 7.84. The number of methoxy groups -OCH3 is 1. The van der Waals surface area contributed by atoms with Crippen molar-refractivity contribution in [2.24, 2.45) is 0 Å². The Hall–Kier alpha value is -2.65. The Bertz CT molecular complexity index is 816. The lowest BCUT2D eigenvalue weighted by molar-refractivity contribution is -0.140. The summed E-state index contributed by atoms with van der Waals surface area (Å²) >= 11 is 0. The van der Waals surface area contributed by atoms with Crippen LogP contribution in [0.2, 0.25) is 0 Å². The van der Waals surface area contributed by atoms with Crippen LogP contribution >= 0.6 is 0 Å². The van der Waals surface area contributed by atoms with Crippen molar-refractivity contribution >= 4 is 28.3 Å². The van der Waals surface area contributed by atoms with Gasteiger partial charge in [-0.1, -0.05) is 42.5 Å². The van der Waals surface area contributed by atoms with Gasteiger partial charge in [0.05, 0.1) is 13.2 Å². The molecule has 1 aromatic rings. The van der Waals surface area contributed by atoms with E-state index in [-0.39, 0.29) is 0 Å². The van der Waals surface area contributed by atoms with E-state index in [2.05, 4.69) is 10.1 Å². The number of benzene rings is 1. The van der Waals surface area contributed by atoms with Gasteiger partial charge in [0.2, 0.25) is 0 Å². The zero-order valence-electron chi connectivity index (χ0n) is 13.6. The molecular formula is C16H18N2O6S. The summed E-state index contributed by atoms with van der Waals surface area (Å²) in [5, 5.41) is 2.76. The molecule has 1 amide bonds. The molecule has 0 unspecified atom stereocenters. The molecule has 1 heterocycles. The van der Waals surface area contributed by atoms with Gasteiger partial charge in [0.1, 0.15) is 6.04 Å². The summed E-state index contributed by atoms with van der Waals surface area (Å²) in [5.41, 5.74) is 1.14. The maximum atomic E-state index is 12.1. The molecule has 2 rings (SSSR count). The second kappa shape index (κ2) is 7.49. The number of nitrogens with zero attached hydrogens (tertiary/aromatic N) is 1. The van der Waals surface area contributed by atoms with Gasteiger partial charge in [-0.3, -0.25) is 9.35 Å². The second-order valence-corrected chi connectivity index (χ2v) is 6.63.